The Bertz CT molecular complexity index is 648. The van der Waals surface area contributed by atoms with E-state index in [1.165, 1.54) is 0 Å². The van der Waals surface area contributed by atoms with Gasteiger partial charge in [0.15, 0.2) is 11.6 Å². The van der Waals surface area contributed by atoms with Crippen molar-refractivity contribution in [1.82, 2.24) is 0 Å². The number of nitrogens with two attached hydrogens (primary N) is 2. The number of carbonyl (C=O) groups is 2. The van der Waals surface area contributed by atoms with Crippen LogP contribution in [0.2, 0.25) is 0 Å². The Morgan fingerprint density at radius 2 is 0.962 bits per heavy atom. The Balaban J connectivity index is 0.00000312. The van der Waals surface area contributed by atoms with Crippen molar-refractivity contribution in [3.8, 4) is 11.1 Å². The first-order chi connectivity index (χ1) is 11.4. The first-order valence-corrected chi connectivity index (χ1v) is 8.15. The molecule has 0 radical (unpaired) electrons. The van der Waals surface area contributed by atoms with Crippen molar-refractivity contribution >= 4 is 36.4 Å². The second-order valence-corrected chi connectivity index (χ2v) is 6.36. The van der Waals surface area contributed by atoms with Crippen molar-refractivity contribution < 1.29 is 9.59 Å². The molecule has 142 valence electrons. The number of ketones is 2. The van der Waals surface area contributed by atoms with Crippen LogP contribution in [0.3, 0.4) is 0 Å². The summed E-state index contributed by atoms with van der Waals surface area (Å²) in [6.07, 6.45) is 0.686. The fraction of sp³-hybridized carbons (Fsp3) is 0.300. The predicted molar refractivity (Wildman–Crippen MR) is 112 cm³/mol. The minimum absolute atomic E-state index is 0. The minimum Gasteiger partial charge on any atom is -0.328 e. The van der Waals surface area contributed by atoms with Crippen molar-refractivity contribution in [2.45, 2.75) is 38.8 Å². The lowest BCUT2D eigenvalue weighted by Crippen LogP contribution is -2.19. The van der Waals surface area contributed by atoms with Gasteiger partial charge in [0.2, 0.25) is 0 Å². The number of Topliss-reactive ketones (excluding diaryl/α,β-unsaturated/α-hetero) is 2. The van der Waals surface area contributed by atoms with Crippen LogP contribution in [0.25, 0.3) is 11.1 Å². The number of hydrogen-bond donors (Lipinski definition) is 2. The normalized spacial score (nSPS) is 12.3. The van der Waals surface area contributed by atoms with Crippen LogP contribution >= 0.6 is 24.8 Å². The van der Waals surface area contributed by atoms with Gasteiger partial charge in [0.25, 0.3) is 0 Å². The summed E-state index contributed by atoms with van der Waals surface area (Å²) in [7, 11) is 0. The molecule has 4 N–H and O–H groups in total. The lowest BCUT2D eigenvalue weighted by Gasteiger charge is -2.08. The van der Waals surface area contributed by atoms with Crippen LogP contribution in [0.4, 0.5) is 0 Å². The smallest absolute Gasteiger partial charge is 0.164 e. The van der Waals surface area contributed by atoms with Crippen molar-refractivity contribution in [2.24, 2.45) is 11.5 Å². The third-order valence-electron chi connectivity index (χ3n) is 3.76. The zero-order chi connectivity index (χ0) is 17.7. The summed E-state index contributed by atoms with van der Waals surface area (Å²) < 4.78 is 0. The fourth-order valence-corrected chi connectivity index (χ4v) is 2.52. The molecule has 0 saturated heterocycles. The Kier molecular flexibility index (Phi) is 10.4. The number of benzene rings is 2. The van der Waals surface area contributed by atoms with Gasteiger partial charge in [-0.15, -0.1) is 24.8 Å². The maximum Gasteiger partial charge on any atom is 0.164 e. The van der Waals surface area contributed by atoms with Gasteiger partial charge in [-0.1, -0.05) is 48.5 Å². The number of halogens is 2. The third kappa shape index (κ3) is 6.89. The molecule has 0 bridgehead atoms. The molecular weight excluding hydrogens is 371 g/mol. The van der Waals surface area contributed by atoms with E-state index in [2.05, 4.69) is 0 Å². The monoisotopic (exact) mass is 396 g/mol. The first-order valence-electron chi connectivity index (χ1n) is 8.15. The quantitative estimate of drug-likeness (QED) is 0.691. The summed E-state index contributed by atoms with van der Waals surface area (Å²) in [5.74, 6) is 0.0989. The van der Waals surface area contributed by atoms with Gasteiger partial charge in [-0.05, 0) is 25.0 Å². The topological polar surface area (TPSA) is 86.2 Å². The Labute approximate surface area is 167 Å². The van der Waals surface area contributed by atoms with Gasteiger partial charge in [-0.3, -0.25) is 9.59 Å². The molecule has 2 atom stereocenters. The van der Waals surface area contributed by atoms with E-state index in [1.807, 2.05) is 62.4 Å². The standard InChI is InChI=1S/C20H24N2O2.2ClH/c1-13(21)11-19(23)17-7-3-15(4-8-17)16-5-9-18(10-6-16)20(24)12-14(2)22;;/h3-10,13-14H,11-12,21-22H2,1-2H3;2*1H. The summed E-state index contributed by atoms with van der Waals surface area (Å²) in [6.45, 7) is 3.64. The maximum absolute atomic E-state index is 12.0. The minimum atomic E-state index is -0.140. The van der Waals surface area contributed by atoms with E-state index in [1.54, 1.807) is 0 Å². The predicted octanol–water partition coefficient (Wildman–Crippen LogP) is 4.04. The fourth-order valence-electron chi connectivity index (χ4n) is 2.52. The SMILES string of the molecule is CC(N)CC(=O)c1ccc(-c2ccc(C(=O)CC(C)N)cc2)cc1.Cl.Cl. The molecule has 0 heterocycles. The highest BCUT2D eigenvalue weighted by molar-refractivity contribution is 5.97. The van der Waals surface area contributed by atoms with Gasteiger partial charge < -0.3 is 11.5 Å². The number of carbonyl (C=O) groups excluding carboxylic acids is 2. The van der Waals surface area contributed by atoms with E-state index in [-0.39, 0.29) is 48.5 Å². The Morgan fingerprint density at radius 1 is 0.692 bits per heavy atom. The van der Waals surface area contributed by atoms with Crippen LogP contribution in [0, 0.1) is 0 Å². The first kappa shape index (κ1) is 24.3. The Morgan fingerprint density at radius 3 is 1.19 bits per heavy atom. The van der Waals surface area contributed by atoms with Crippen molar-refractivity contribution in [1.29, 1.82) is 0 Å². The molecule has 2 unspecified atom stereocenters. The molecule has 0 spiro atoms. The molecule has 0 fully saturated rings. The summed E-state index contributed by atoms with van der Waals surface area (Å²) in [4.78, 5) is 24.0. The van der Waals surface area contributed by atoms with Crippen LogP contribution in [-0.4, -0.2) is 23.7 Å². The average Bonchev–Trinajstić information content (AvgIpc) is 2.54. The van der Waals surface area contributed by atoms with E-state index in [0.29, 0.717) is 24.0 Å². The van der Waals surface area contributed by atoms with Gasteiger partial charge >= 0.3 is 0 Å². The number of rotatable bonds is 7. The van der Waals surface area contributed by atoms with Gasteiger partial charge in [0.05, 0.1) is 0 Å². The molecule has 0 amide bonds. The summed E-state index contributed by atoms with van der Waals surface area (Å²) in [5.41, 5.74) is 14.7. The van der Waals surface area contributed by atoms with Crippen molar-refractivity contribution in [2.75, 3.05) is 0 Å². The molecule has 0 aliphatic heterocycles. The van der Waals surface area contributed by atoms with Crippen molar-refractivity contribution in [3.63, 3.8) is 0 Å². The molecule has 0 aliphatic rings. The molecule has 2 rings (SSSR count). The molecule has 0 aliphatic carbocycles. The molecule has 2 aromatic carbocycles. The third-order valence-corrected chi connectivity index (χ3v) is 3.76. The summed E-state index contributed by atoms with van der Waals surface area (Å²) >= 11 is 0. The molecule has 0 aromatic heterocycles. The summed E-state index contributed by atoms with van der Waals surface area (Å²) in [6, 6.07) is 14.6. The van der Waals surface area contributed by atoms with Crippen LogP contribution in [0.1, 0.15) is 47.4 Å². The average molecular weight is 397 g/mol. The molecule has 26 heavy (non-hydrogen) atoms. The van der Waals surface area contributed by atoms with Crippen LogP contribution in [0.5, 0.6) is 0 Å². The van der Waals surface area contributed by atoms with Gasteiger partial charge in [-0.25, -0.2) is 0 Å². The van der Waals surface area contributed by atoms with E-state index in [4.69, 9.17) is 11.5 Å². The molecule has 2 aromatic rings. The van der Waals surface area contributed by atoms with Crippen molar-refractivity contribution in [3.05, 3.63) is 59.7 Å². The van der Waals surface area contributed by atoms with Crippen LogP contribution in [-0.2, 0) is 0 Å². The number of hydrogen-bond acceptors (Lipinski definition) is 4. The largest absolute Gasteiger partial charge is 0.328 e. The lowest BCUT2D eigenvalue weighted by atomic mass is 9.98. The lowest BCUT2D eigenvalue weighted by molar-refractivity contribution is 0.0968. The molecule has 6 heteroatoms. The second-order valence-electron chi connectivity index (χ2n) is 6.36. The van der Waals surface area contributed by atoms with Gasteiger partial charge in [0, 0.05) is 36.1 Å². The maximum atomic E-state index is 12.0. The van der Waals surface area contributed by atoms with E-state index < -0.39 is 0 Å². The molecule has 0 saturated carbocycles. The highest BCUT2D eigenvalue weighted by atomic mass is 35.5. The second kappa shape index (κ2) is 11.1. The van der Waals surface area contributed by atoms with Gasteiger partial charge in [0.1, 0.15) is 0 Å². The molecular formula is C20H26Cl2N2O2. The highest BCUT2D eigenvalue weighted by Crippen LogP contribution is 2.21. The van der Waals surface area contributed by atoms with E-state index in [0.717, 1.165) is 11.1 Å². The zero-order valence-electron chi connectivity index (χ0n) is 15.0. The van der Waals surface area contributed by atoms with Crippen LogP contribution in [0.15, 0.2) is 48.5 Å². The highest BCUT2D eigenvalue weighted by Gasteiger charge is 2.10. The van der Waals surface area contributed by atoms with Crippen LogP contribution < -0.4 is 11.5 Å². The van der Waals surface area contributed by atoms with Gasteiger partial charge in [-0.2, -0.15) is 0 Å². The van der Waals surface area contributed by atoms with E-state index >= 15 is 0 Å². The molecule has 4 nitrogen and oxygen atoms in total. The van der Waals surface area contributed by atoms with E-state index in [9.17, 15) is 9.59 Å². The Hall–Kier alpha value is -1.72. The summed E-state index contributed by atoms with van der Waals surface area (Å²) in [5, 5.41) is 0. The zero-order valence-corrected chi connectivity index (χ0v) is 16.6.